The minimum absolute atomic E-state index is 0.0186. The quantitative estimate of drug-likeness (QED) is 0.614. The van der Waals surface area contributed by atoms with E-state index in [0.717, 1.165) is 11.7 Å². The predicted molar refractivity (Wildman–Crippen MR) is 100 cm³/mol. The molecule has 2 N–H and O–H groups in total. The highest BCUT2D eigenvalue weighted by Gasteiger charge is 2.20. The van der Waals surface area contributed by atoms with Gasteiger partial charge in [0.1, 0.15) is 15.9 Å². The van der Waals surface area contributed by atoms with E-state index in [4.69, 9.17) is 0 Å². The maximum absolute atomic E-state index is 12.6. The van der Waals surface area contributed by atoms with Gasteiger partial charge in [-0.15, -0.1) is 0 Å². The molecule has 0 radical (unpaired) electrons. The van der Waals surface area contributed by atoms with Crippen LogP contribution in [0.4, 0.5) is 5.69 Å². The molecule has 11 heteroatoms. The summed E-state index contributed by atoms with van der Waals surface area (Å²) in [5.74, 6) is 0. The molecule has 0 unspecified atom stereocenters. The van der Waals surface area contributed by atoms with Crippen LogP contribution >= 0.6 is 11.7 Å². The smallest absolute Gasteiger partial charge is 0.264 e. The van der Waals surface area contributed by atoms with Crippen molar-refractivity contribution in [2.75, 3.05) is 11.3 Å². The minimum atomic E-state index is -3.88. The Hall–Kier alpha value is -2.08. The average Bonchev–Trinajstić information content (AvgIpc) is 3.08. The number of hydrogen-bond acceptors (Lipinski definition) is 7. The van der Waals surface area contributed by atoms with Crippen LogP contribution in [0.25, 0.3) is 11.0 Å². The van der Waals surface area contributed by atoms with Crippen molar-refractivity contribution >= 4 is 48.5 Å². The maximum Gasteiger partial charge on any atom is 0.264 e. The van der Waals surface area contributed by atoms with Gasteiger partial charge in [-0.2, -0.15) is 8.75 Å². The van der Waals surface area contributed by atoms with E-state index in [1.807, 2.05) is 6.92 Å². The van der Waals surface area contributed by atoms with E-state index in [-0.39, 0.29) is 15.5 Å². The highest BCUT2D eigenvalue weighted by molar-refractivity contribution is 7.93. The van der Waals surface area contributed by atoms with E-state index in [1.54, 1.807) is 12.1 Å². The van der Waals surface area contributed by atoms with Gasteiger partial charge in [0.25, 0.3) is 10.0 Å². The summed E-state index contributed by atoms with van der Waals surface area (Å²) < 4.78 is 62.3. The first-order chi connectivity index (χ1) is 12.3. The van der Waals surface area contributed by atoms with Crippen LogP contribution in [-0.4, -0.2) is 32.1 Å². The molecule has 26 heavy (non-hydrogen) atoms. The van der Waals surface area contributed by atoms with Crippen LogP contribution in [0.15, 0.2) is 52.3 Å². The zero-order chi connectivity index (χ0) is 18.8. The summed E-state index contributed by atoms with van der Waals surface area (Å²) in [5.41, 5.74) is 1.05. The second-order valence-electron chi connectivity index (χ2n) is 5.42. The molecule has 0 spiro atoms. The fourth-order valence-electron chi connectivity index (χ4n) is 2.23. The summed E-state index contributed by atoms with van der Waals surface area (Å²) >= 11 is 0.935. The lowest BCUT2D eigenvalue weighted by atomic mass is 10.3. The maximum atomic E-state index is 12.6. The molecule has 1 aromatic heterocycles. The van der Waals surface area contributed by atoms with Crippen molar-refractivity contribution in [3.05, 3.63) is 42.5 Å². The molecule has 0 aliphatic carbocycles. The first kappa shape index (κ1) is 18.7. The lowest BCUT2D eigenvalue weighted by Gasteiger charge is -2.10. The summed E-state index contributed by atoms with van der Waals surface area (Å²) in [4.78, 5) is 0.0877. The Morgan fingerprint density at radius 1 is 0.962 bits per heavy atom. The summed E-state index contributed by atoms with van der Waals surface area (Å²) in [7, 11) is -7.48. The summed E-state index contributed by atoms with van der Waals surface area (Å²) in [6, 6.07) is 10.2. The van der Waals surface area contributed by atoms with Gasteiger partial charge in [-0.05, 0) is 42.8 Å². The van der Waals surface area contributed by atoms with Crippen LogP contribution in [0, 0.1) is 0 Å². The van der Waals surface area contributed by atoms with Crippen molar-refractivity contribution in [1.29, 1.82) is 0 Å². The Balaban J connectivity index is 1.86. The van der Waals surface area contributed by atoms with Gasteiger partial charge < -0.3 is 0 Å². The minimum Gasteiger partial charge on any atom is -0.280 e. The molecule has 8 nitrogen and oxygen atoms in total. The fourth-order valence-corrected chi connectivity index (χ4v) is 5.19. The van der Waals surface area contributed by atoms with E-state index in [9.17, 15) is 16.8 Å². The van der Waals surface area contributed by atoms with Crippen LogP contribution in [0.3, 0.4) is 0 Å². The molecular formula is C15H16N4O4S3. The molecule has 0 saturated carbocycles. The van der Waals surface area contributed by atoms with Crippen LogP contribution in [0.2, 0.25) is 0 Å². The third-order valence-corrected chi connectivity index (χ3v) is 6.93. The lowest BCUT2D eigenvalue weighted by Crippen LogP contribution is -2.24. The average molecular weight is 413 g/mol. The monoisotopic (exact) mass is 412 g/mol. The zero-order valence-electron chi connectivity index (χ0n) is 13.7. The molecule has 0 amide bonds. The third kappa shape index (κ3) is 3.85. The molecule has 0 fully saturated rings. The fraction of sp³-hybridized carbons (Fsp3) is 0.200. The molecule has 1 heterocycles. The van der Waals surface area contributed by atoms with Gasteiger partial charge >= 0.3 is 0 Å². The van der Waals surface area contributed by atoms with E-state index in [0.29, 0.717) is 24.0 Å². The van der Waals surface area contributed by atoms with E-state index in [2.05, 4.69) is 18.2 Å². The summed E-state index contributed by atoms with van der Waals surface area (Å²) in [6.07, 6.45) is 0.675. The van der Waals surface area contributed by atoms with Gasteiger partial charge in [0.15, 0.2) is 0 Å². The normalized spacial score (nSPS) is 12.3. The van der Waals surface area contributed by atoms with Crippen LogP contribution in [0.1, 0.15) is 13.3 Å². The van der Waals surface area contributed by atoms with E-state index < -0.39 is 20.0 Å². The van der Waals surface area contributed by atoms with Crippen molar-refractivity contribution < 1.29 is 16.8 Å². The highest BCUT2D eigenvalue weighted by atomic mass is 32.2. The highest BCUT2D eigenvalue weighted by Crippen LogP contribution is 2.24. The van der Waals surface area contributed by atoms with Gasteiger partial charge in [-0.1, -0.05) is 13.0 Å². The van der Waals surface area contributed by atoms with Gasteiger partial charge in [0, 0.05) is 12.2 Å². The number of sulfonamides is 2. The number of nitrogens with one attached hydrogen (secondary N) is 2. The largest absolute Gasteiger partial charge is 0.280 e. The van der Waals surface area contributed by atoms with Gasteiger partial charge in [0.2, 0.25) is 10.0 Å². The van der Waals surface area contributed by atoms with E-state index in [1.165, 1.54) is 30.3 Å². The molecule has 138 valence electrons. The molecule has 0 aliphatic rings. The number of aromatic nitrogens is 2. The Labute approximate surface area is 155 Å². The van der Waals surface area contributed by atoms with Crippen molar-refractivity contribution in [2.45, 2.75) is 23.1 Å². The predicted octanol–water partition coefficient (Wildman–Crippen LogP) is 2.18. The summed E-state index contributed by atoms with van der Waals surface area (Å²) in [5, 5.41) is 0. The number of benzene rings is 2. The van der Waals surface area contributed by atoms with Crippen molar-refractivity contribution in [3.8, 4) is 0 Å². The molecule has 2 aromatic carbocycles. The van der Waals surface area contributed by atoms with Gasteiger partial charge in [-0.3, -0.25) is 4.72 Å². The Morgan fingerprint density at radius 3 is 2.38 bits per heavy atom. The Bertz CT molecular complexity index is 1120. The van der Waals surface area contributed by atoms with Gasteiger partial charge in [0.05, 0.1) is 16.6 Å². The van der Waals surface area contributed by atoms with Crippen LogP contribution in [-0.2, 0) is 20.0 Å². The van der Waals surface area contributed by atoms with Crippen molar-refractivity contribution in [1.82, 2.24) is 13.5 Å². The molecule has 0 atom stereocenters. The number of fused-ring (bicyclic) bond motifs is 1. The van der Waals surface area contributed by atoms with Crippen LogP contribution < -0.4 is 9.44 Å². The van der Waals surface area contributed by atoms with Crippen LogP contribution in [0.5, 0.6) is 0 Å². The number of hydrogen-bond donors (Lipinski definition) is 2. The van der Waals surface area contributed by atoms with Crippen molar-refractivity contribution in [3.63, 3.8) is 0 Å². The first-order valence-electron chi connectivity index (χ1n) is 7.67. The summed E-state index contributed by atoms with van der Waals surface area (Å²) in [6.45, 7) is 2.20. The first-order valence-corrected chi connectivity index (χ1v) is 11.4. The SMILES string of the molecule is CCCNS(=O)(=O)c1ccc(NS(=O)(=O)c2cccc3nsnc23)cc1. The number of nitrogens with zero attached hydrogens (tertiary/aromatic N) is 2. The number of rotatable bonds is 7. The lowest BCUT2D eigenvalue weighted by molar-refractivity contribution is 0.581. The second kappa shape index (κ2) is 7.27. The molecular weight excluding hydrogens is 396 g/mol. The second-order valence-corrected chi connectivity index (χ2v) is 9.36. The Kier molecular flexibility index (Phi) is 5.23. The Morgan fingerprint density at radius 2 is 1.69 bits per heavy atom. The standard InChI is InChI=1S/C15H16N4O4S3/c1-2-10-16-25(20,21)12-8-6-11(7-9-12)19-26(22,23)14-5-3-4-13-15(14)18-24-17-13/h3-9,16,19H,2,10H2,1H3. The zero-order valence-corrected chi connectivity index (χ0v) is 16.2. The topological polar surface area (TPSA) is 118 Å². The van der Waals surface area contributed by atoms with Gasteiger partial charge in [-0.25, -0.2) is 21.6 Å². The molecule has 3 rings (SSSR count). The molecule has 3 aromatic rings. The van der Waals surface area contributed by atoms with E-state index >= 15 is 0 Å². The molecule has 0 aliphatic heterocycles. The molecule has 0 bridgehead atoms. The third-order valence-electron chi connectivity index (χ3n) is 3.50. The van der Waals surface area contributed by atoms with Crippen molar-refractivity contribution in [2.24, 2.45) is 0 Å². The molecule has 0 saturated heterocycles. The number of anilines is 1.